The maximum absolute atomic E-state index is 12.8. The summed E-state index contributed by atoms with van der Waals surface area (Å²) in [6, 6.07) is 5.63. The molecule has 0 radical (unpaired) electrons. The van der Waals surface area contributed by atoms with Gasteiger partial charge in [0, 0.05) is 6.54 Å². The third-order valence-electron chi connectivity index (χ3n) is 3.86. The van der Waals surface area contributed by atoms with Gasteiger partial charge in [0.05, 0.1) is 11.7 Å². The first-order chi connectivity index (χ1) is 11.0. The molecule has 1 atom stereocenters. The lowest BCUT2D eigenvalue weighted by molar-refractivity contribution is 0.0559. The van der Waals surface area contributed by atoms with Crippen LogP contribution in [0.25, 0.3) is 0 Å². The van der Waals surface area contributed by atoms with Gasteiger partial charge in [-0.25, -0.2) is 4.79 Å². The SMILES string of the molecule is CC(C)(C)OC(=O)N(c1cccc2c1OCO2)C1CCCNC1. The van der Waals surface area contributed by atoms with Crippen molar-refractivity contribution in [3.63, 3.8) is 0 Å². The smallest absolute Gasteiger partial charge is 0.415 e. The molecular weight excluding hydrogens is 296 g/mol. The van der Waals surface area contributed by atoms with Crippen LogP contribution < -0.4 is 19.7 Å². The van der Waals surface area contributed by atoms with Gasteiger partial charge in [-0.3, -0.25) is 4.90 Å². The molecule has 2 heterocycles. The van der Waals surface area contributed by atoms with E-state index in [1.165, 1.54) is 0 Å². The number of rotatable bonds is 2. The van der Waals surface area contributed by atoms with Gasteiger partial charge >= 0.3 is 6.09 Å². The number of ether oxygens (including phenoxy) is 3. The Balaban J connectivity index is 1.95. The van der Waals surface area contributed by atoms with Gasteiger partial charge in [0.2, 0.25) is 6.79 Å². The number of hydrogen-bond donors (Lipinski definition) is 1. The molecule has 0 aliphatic carbocycles. The molecule has 1 fully saturated rings. The number of carbonyl (C=O) groups is 1. The first kappa shape index (κ1) is 15.9. The van der Waals surface area contributed by atoms with Gasteiger partial charge in [0.15, 0.2) is 11.5 Å². The van der Waals surface area contributed by atoms with Crippen molar-refractivity contribution in [2.45, 2.75) is 45.3 Å². The molecule has 6 heteroatoms. The van der Waals surface area contributed by atoms with Gasteiger partial charge in [-0.1, -0.05) is 6.07 Å². The number of nitrogens with one attached hydrogen (secondary N) is 1. The highest BCUT2D eigenvalue weighted by atomic mass is 16.7. The van der Waals surface area contributed by atoms with Gasteiger partial charge in [0.1, 0.15) is 5.60 Å². The van der Waals surface area contributed by atoms with E-state index >= 15 is 0 Å². The summed E-state index contributed by atoms with van der Waals surface area (Å²) in [5, 5.41) is 3.35. The molecule has 1 amide bonds. The zero-order valence-electron chi connectivity index (χ0n) is 13.9. The third kappa shape index (κ3) is 3.52. The van der Waals surface area contributed by atoms with E-state index in [4.69, 9.17) is 14.2 Å². The molecule has 2 aliphatic heterocycles. The van der Waals surface area contributed by atoms with Crippen molar-refractivity contribution in [3.05, 3.63) is 18.2 Å². The Hall–Kier alpha value is -1.95. The molecule has 1 aromatic rings. The van der Waals surface area contributed by atoms with Crippen LogP contribution >= 0.6 is 0 Å². The molecule has 3 rings (SSSR count). The Morgan fingerprint density at radius 1 is 1.35 bits per heavy atom. The van der Waals surface area contributed by atoms with Gasteiger partial charge in [-0.2, -0.15) is 0 Å². The minimum absolute atomic E-state index is 0.0364. The Kier molecular flexibility index (Phi) is 4.35. The van der Waals surface area contributed by atoms with Crippen molar-refractivity contribution in [3.8, 4) is 11.5 Å². The zero-order valence-corrected chi connectivity index (χ0v) is 13.9. The molecule has 1 unspecified atom stereocenters. The largest absolute Gasteiger partial charge is 0.454 e. The number of piperidine rings is 1. The monoisotopic (exact) mass is 320 g/mol. The lowest BCUT2D eigenvalue weighted by atomic mass is 10.0. The van der Waals surface area contributed by atoms with Crippen molar-refractivity contribution < 1.29 is 19.0 Å². The highest BCUT2D eigenvalue weighted by molar-refractivity contribution is 5.91. The van der Waals surface area contributed by atoms with Crippen LogP contribution in [0.4, 0.5) is 10.5 Å². The summed E-state index contributed by atoms with van der Waals surface area (Å²) in [5.74, 6) is 1.28. The minimum Gasteiger partial charge on any atom is -0.454 e. The summed E-state index contributed by atoms with van der Waals surface area (Å²) in [4.78, 5) is 14.6. The first-order valence-electron chi connectivity index (χ1n) is 8.07. The van der Waals surface area contributed by atoms with Gasteiger partial charge < -0.3 is 19.5 Å². The number of nitrogens with zero attached hydrogens (tertiary/aromatic N) is 1. The molecule has 23 heavy (non-hydrogen) atoms. The fraction of sp³-hybridized carbons (Fsp3) is 0.588. The molecule has 2 aliphatic rings. The molecule has 0 bridgehead atoms. The van der Waals surface area contributed by atoms with E-state index in [1.54, 1.807) is 4.90 Å². The number of fused-ring (bicyclic) bond motifs is 1. The third-order valence-corrected chi connectivity index (χ3v) is 3.86. The number of carbonyl (C=O) groups excluding carboxylic acids is 1. The van der Waals surface area contributed by atoms with E-state index in [-0.39, 0.29) is 18.9 Å². The Morgan fingerprint density at radius 3 is 2.87 bits per heavy atom. The van der Waals surface area contributed by atoms with E-state index < -0.39 is 5.60 Å². The van der Waals surface area contributed by atoms with Crippen LogP contribution in [0.3, 0.4) is 0 Å². The van der Waals surface area contributed by atoms with Gasteiger partial charge in [0.25, 0.3) is 0 Å². The highest BCUT2D eigenvalue weighted by Gasteiger charge is 2.34. The maximum atomic E-state index is 12.8. The number of para-hydroxylation sites is 1. The topological polar surface area (TPSA) is 60.0 Å². The Morgan fingerprint density at radius 2 is 2.17 bits per heavy atom. The van der Waals surface area contributed by atoms with E-state index in [1.807, 2.05) is 39.0 Å². The number of benzene rings is 1. The highest BCUT2D eigenvalue weighted by Crippen LogP contribution is 2.42. The molecular formula is C17H24N2O4. The number of anilines is 1. The zero-order chi connectivity index (χ0) is 16.4. The summed E-state index contributed by atoms with van der Waals surface area (Å²) in [6.07, 6.45) is 1.60. The fourth-order valence-corrected chi connectivity index (χ4v) is 2.91. The van der Waals surface area contributed by atoms with Gasteiger partial charge in [-0.05, 0) is 52.3 Å². The van der Waals surface area contributed by atoms with Crippen LogP contribution in [-0.2, 0) is 4.74 Å². The van der Waals surface area contributed by atoms with Crippen LogP contribution in [0.15, 0.2) is 18.2 Å². The molecule has 0 aromatic heterocycles. The average Bonchev–Trinajstić information content (AvgIpc) is 2.96. The van der Waals surface area contributed by atoms with E-state index in [0.29, 0.717) is 17.2 Å². The molecule has 0 spiro atoms. The van der Waals surface area contributed by atoms with Crippen molar-refractivity contribution >= 4 is 11.8 Å². The van der Waals surface area contributed by atoms with Crippen LogP contribution in [0, 0.1) is 0 Å². The van der Waals surface area contributed by atoms with Crippen LogP contribution in [0.2, 0.25) is 0 Å². The number of hydrogen-bond acceptors (Lipinski definition) is 5. The molecule has 1 saturated heterocycles. The molecule has 1 N–H and O–H groups in total. The average molecular weight is 320 g/mol. The Labute approximate surface area is 136 Å². The lowest BCUT2D eigenvalue weighted by Crippen LogP contribution is -2.50. The summed E-state index contributed by atoms with van der Waals surface area (Å²) in [7, 11) is 0. The second kappa shape index (κ2) is 6.28. The van der Waals surface area contributed by atoms with Crippen LogP contribution in [0.5, 0.6) is 11.5 Å². The van der Waals surface area contributed by atoms with Gasteiger partial charge in [-0.15, -0.1) is 0 Å². The predicted molar refractivity (Wildman–Crippen MR) is 87.2 cm³/mol. The standard InChI is InChI=1S/C17H24N2O4/c1-17(2,3)23-16(20)19(12-6-5-9-18-10-12)13-7-4-8-14-15(13)22-11-21-14/h4,7-8,12,18H,5-6,9-11H2,1-3H3. The van der Waals surface area contributed by atoms with Crippen LogP contribution in [0.1, 0.15) is 33.6 Å². The minimum atomic E-state index is -0.549. The van der Waals surface area contributed by atoms with E-state index in [9.17, 15) is 4.79 Å². The quantitative estimate of drug-likeness (QED) is 0.908. The normalized spacial score (nSPS) is 20.2. The predicted octanol–water partition coefficient (Wildman–Crippen LogP) is 2.91. The van der Waals surface area contributed by atoms with Crippen molar-refractivity contribution in [1.82, 2.24) is 5.32 Å². The summed E-state index contributed by atoms with van der Waals surface area (Å²) in [6.45, 7) is 7.51. The number of amides is 1. The summed E-state index contributed by atoms with van der Waals surface area (Å²) >= 11 is 0. The summed E-state index contributed by atoms with van der Waals surface area (Å²) in [5.41, 5.74) is 0.162. The molecule has 1 aromatic carbocycles. The van der Waals surface area contributed by atoms with E-state index in [2.05, 4.69) is 5.32 Å². The van der Waals surface area contributed by atoms with Crippen molar-refractivity contribution in [2.24, 2.45) is 0 Å². The second-order valence-electron chi connectivity index (χ2n) is 6.86. The van der Waals surface area contributed by atoms with Crippen molar-refractivity contribution in [2.75, 3.05) is 24.8 Å². The molecule has 6 nitrogen and oxygen atoms in total. The van der Waals surface area contributed by atoms with E-state index in [0.717, 1.165) is 25.9 Å². The maximum Gasteiger partial charge on any atom is 0.415 e. The Bertz CT molecular complexity index is 576. The molecule has 0 saturated carbocycles. The second-order valence-corrected chi connectivity index (χ2v) is 6.86. The van der Waals surface area contributed by atoms with Crippen LogP contribution in [-0.4, -0.2) is 37.6 Å². The first-order valence-corrected chi connectivity index (χ1v) is 8.07. The lowest BCUT2D eigenvalue weighted by Gasteiger charge is -2.36. The fourth-order valence-electron chi connectivity index (χ4n) is 2.91. The van der Waals surface area contributed by atoms with Crippen molar-refractivity contribution in [1.29, 1.82) is 0 Å². The summed E-state index contributed by atoms with van der Waals surface area (Å²) < 4.78 is 16.7. The molecule has 126 valence electrons.